The van der Waals surface area contributed by atoms with Gasteiger partial charge in [0.25, 0.3) is 11.5 Å². The number of aryl methyl sites for hydroxylation is 2. The predicted molar refractivity (Wildman–Crippen MR) is 181 cm³/mol. The van der Waals surface area contributed by atoms with Gasteiger partial charge in [0.15, 0.2) is 0 Å². The molecule has 1 N–H and O–H groups in total. The molecule has 6 heterocycles. The monoisotopic (exact) mass is 650 g/mol. The van der Waals surface area contributed by atoms with Crippen LogP contribution >= 0.6 is 11.3 Å². The first kappa shape index (κ1) is 31.0. The normalized spacial score (nSPS) is 19.6. The maximum Gasteiger partial charge on any atom is 0.262 e. The number of carbonyl (C=O) groups excluding carboxylic acids is 2. The van der Waals surface area contributed by atoms with Gasteiger partial charge in [0, 0.05) is 79.0 Å². The van der Waals surface area contributed by atoms with Crippen molar-refractivity contribution in [1.82, 2.24) is 28.9 Å². The lowest BCUT2D eigenvalue weighted by Gasteiger charge is -2.43. The standard InChI is InChI=1S/C36H38N6O4S/c1-24-8-9-26(19-37-24)31-18-27(21-47-31)33(43)41-15-11-28(30(20-41)25-6-4-3-5-7-25)34(44)40-16-12-36(46,13-17-40)22-42-23-38-32-29(35(42)45)10-14-39(32)2/h3-10,14,18-19,21,23,28,30,46H,11-13,15-17,20,22H2,1-2H3/t28-,30+/m1/s1. The second-order valence-corrected chi connectivity index (χ2v) is 13.9. The lowest BCUT2D eigenvalue weighted by atomic mass is 9.79. The number of hydrogen-bond donors (Lipinski definition) is 1. The highest BCUT2D eigenvalue weighted by atomic mass is 32.1. The van der Waals surface area contributed by atoms with Crippen molar-refractivity contribution in [3.8, 4) is 10.4 Å². The van der Waals surface area contributed by atoms with Crippen LogP contribution in [0.15, 0.2) is 83.5 Å². The van der Waals surface area contributed by atoms with Crippen molar-refractivity contribution in [3.63, 3.8) is 0 Å². The zero-order valence-electron chi connectivity index (χ0n) is 26.6. The minimum Gasteiger partial charge on any atom is -0.388 e. The van der Waals surface area contributed by atoms with Crippen LogP contribution in [0.25, 0.3) is 21.5 Å². The number of likely N-dealkylation sites (tertiary alicyclic amines) is 2. The van der Waals surface area contributed by atoms with Crippen LogP contribution in [-0.4, -0.2) is 77.6 Å². The molecule has 2 aliphatic heterocycles. The highest BCUT2D eigenvalue weighted by Crippen LogP contribution is 2.37. The Morgan fingerprint density at radius 1 is 1.02 bits per heavy atom. The zero-order valence-corrected chi connectivity index (χ0v) is 27.4. The summed E-state index contributed by atoms with van der Waals surface area (Å²) in [6.45, 7) is 3.82. The highest BCUT2D eigenvalue weighted by molar-refractivity contribution is 7.13. The molecule has 2 atom stereocenters. The van der Waals surface area contributed by atoms with E-state index >= 15 is 0 Å². The van der Waals surface area contributed by atoms with E-state index in [-0.39, 0.29) is 35.8 Å². The molecule has 1 aromatic carbocycles. The number of fused-ring (bicyclic) bond motifs is 1. The molecular weight excluding hydrogens is 613 g/mol. The van der Waals surface area contributed by atoms with Crippen LogP contribution in [0.4, 0.5) is 0 Å². The zero-order chi connectivity index (χ0) is 32.7. The Morgan fingerprint density at radius 3 is 2.55 bits per heavy atom. The maximum atomic E-state index is 14.1. The third-order valence-electron chi connectivity index (χ3n) is 9.81. The van der Waals surface area contributed by atoms with Gasteiger partial charge in [-0.05, 0) is 49.9 Å². The molecule has 0 saturated carbocycles. The Morgan fingerprint density at radius 2 is 1.81 bits per heavy atom. The maximum absolute atomic E-state index is 14.1. The van der Waals surface area contributed by atoms with Gasteiger partial charge < -0.3 is 19.5 Å². The van der Waals surface area contributed by atoms with Crippen molar-refractivity contribution in [2.75, 3.05) is 26.2 Å². The largest absolute Gasteiger partial charge is 0.388 e. The summed E-state index contributed by atoms with van der Waals surface area (Å²) in [6, 6.07) is 17.7. The van der Waals surface area contributed by atoms with Gasteiger partial charge in [-0.25, -0.2) is 4.98 Å². The Bertz CT molecular complexity index is 1970. The SMILES string of the molecule is Cc1ccc(-c2cc(C(=O)N3CC[C@@H](C(=O)N4CCC(O)(Cn5cnc6c(ccn6C)c5=O)CC4)[C@H](c4ccccc4)C3)cs2)cn1. The summed E-state index contributed by atoms with van der Waals surface area (Å²) in [6.07, 6.45) is 6.41. The number of aromatic nitrogens is 4. The molecule has 0 aliphatic carbocycles. The van der Waals surface area contributed by atoms with Crippen molar-refractivity contribution >= 4 is 34.2 Å². The van der Waals surface area contributed by atoms with Crippen LogP contribution in [0.5, 0.6) is 0 Å². The number of amides is 2. The second-order valence-electron chi connectivity index (χ2n) is 12.9. The number of benzene rings is 1. The summed E-state index contributed by atoms with van der Waals surface area (Å²) in [5.74, 6) is -0.399. The fourth-order valence-corrected chi connectivity index (χ4v) is 7.89. The average molecular weight is 651 g/mol. The molecule has 0 bridgehead atoms. The van der Waals surface area contributed by atoms with Crippen LogP contribution in [0, 0.1) is 12.8 Å². The third kappa shape index (κ3) is 6.13. The molecule has 2 saturated heterocycles. The van der Waals surface area contributed by atoms with E-state index < -0.39 is 5.60 Å². The quantitative estimate of drug-likeness (QED) is 0.290. The van der Waals surface area contributed by atoms with Crippen molar-refractivity contribution in [1.29, 1.82) is 0 Å². The van der Waals surface area contributed by atoms with Crippen LogP contribution < -0.4 is 5.56 Å². The number of nitrogens with zero attached hydrogens (tertiary/aromatic N) is 6. The van der Waals surface area contributed by atoms with Crippen LogP contribution in [0.3, 0.4) is 0 Å². The Balaban J connectivity index is 1.04. The Kier molecular flexibility index (Phi) is 8.27. The highest BCUT2D eigenvalue weighted by Gasteiger charge is 2.41. The van der Waals surface area contributed by atoms with Crippen LogP contribution in [0.2, 0.25) is 0 Å². The van der Waals surface area contributed by atoms with Crippen molar-refractivity contribution < 1.29 is 14.7 Å². The van der Waals surface area contributed by atoms with Gasteiger partial charge in [-0.2, -0.15) is 0 Å². The first-order valence-electron chi connectivity index (χ1n) is 16.1. The Hall–Kier alpha value is -4.61. The molecule has 5 aromatic rings. The van der Waals surface area contributed by atoms with Gasteiger partial charge in [-0.15, -0.1) is 11.3 Å². The van der Waals surface area contributed by atoms with E-state index in [0.29, 0.717) is 62.0 Å². The van der Waals surface area contributed by atoms with Gasteiger partial charge in [-0.1, -0.05) is 36.4 Å². The minimum absolute atomic E-state index is 0.0270. The number of hydrogen-bond acceptors (Lipinski definition) is 7. The number of pyridine rings is 1. The average Bonchev–Trinajstić information content (AvgIpc) is 3.74. The first-order valence-corrected chi connectivity index (χ1v) is 16.9. The summed E-state index contributed by atoms with van der Waals surface area (Å²) in [5, 5.41) is 13.9. The van der Waals surface area contributed by atoms with Crippen molar-refractivity contribution in [2.45, 2.75) is 44.2 Å². The summed E-state index contributed by atoms with van der Waals surface area (Å²) in [5.41, 5.74) is 2.93. The van der Waals surface area contributed by atoms with Crippen molar-refractivity contribution in [3.05, 3.63) is 106 Å². The van der Waals surface area contributed by atoms with E-state index in [4.69, 9.17) is 0 Å². The molecule has 11 heteroatoms. The van der Waals surface area contributed by atoms with Gasteiger partial charge >= 0.3 is 0 Å². The first-order chi connectivity index (χ1) is 22.7. The molecule has 10 nitrogen and oxygen atoms in total. The van der Waals surface area contributed by atoms with E-state index in [1.54, 1.807) is 16.8 Å². The van der Waals surface area contributed by atoms with Gasteiger partial charge in [0.1, 0.15) is 12.0 Å². The number of carbonyl (C=O) groups is 2. The molecule has 4 aromatic heterocycles. The summed E-state index contributed by atoms with van der Waals surface area (Å²) < 4.78 is 3.28. The molecule has 47 heavy (non-hydrogen) atoms. The number of thiophene rings is 1. The molecule has 2 fully saturated rings. The number of rotatable bonds is 6. The fraction of sp³-hybridized carbons (Fsp3) is 0.361. The molecule has 0 spiro atoms. The van der Waals surface area contributed by atoms with E-state index in [1.807, 2.05) is 83.9 Å². The fourth-order valence-electron chi connectivity index (χ4n) is 7.01. The molecule has 7 rings (SSSR count). The van der Waals surface area contributed by atoms with E-state index in [0.717, 1.165) is 21.7 Å². The molecule has 242 valence electrons. The topological polar surface area (TPSA) is 114 Å². The smallest absolute Gasteiger partial charge is 0.262 e. The summed E-state index contributed by atoms with van der Waals surface area (Å²) in [7, 11) is 1.84. The molecule has 2 aliphatic rings. The van der Waals surface area contributed by atoms with Crippen LogP contribution in [0.1, 0.15) is 46.8 Å². The van der Waals surface area contributed by atoms with E-state index in [1.165, 1.54) is 22.2 Å². The third-order valence-corrected chi connectivity index (χ3v) is 10.8. The van der Waals surface area contributed by atoms with Gasteiger partial charge in [0.2, 0.25) is 5.91 Å². The molecular formula is C36H38N6O4S. The lowest BCUT2D eigenvalue weighted by molar-refractivity contribution is -0.142. The molecule has 2 amide bonds. The molecule has 0 radical (unpaired) electrons. The summed E-state index contributed by atoms with van der Waals surface area (Å²) >= 11 is 1.53. The predicted octanol–water partition coefficient (Wildman–Crippen LogP) is 4.47. The molecule has 0 unspecified atom stereocenters. The Labute approximate surface area is 276 Å². The van der Waals surface area contributed by atoms with Crippen molar-refractivity contribution in [2.24, 2.45) is 13.0 Å². The van der Waals surface area contributed by atoms with E-state index in [9.17, 15) is 19.5 Å². The second kappa shape index (κ2) is 12.5. The summed E-state index contributed by atoms with van der Waals surface area (Å²) in [4.78, 5) is 54.4. The van der Waals surface area contributed by atoms with E-state index in [2.05, 4.69) is 9.97 Å². The van der Waals surface area contributed by atoms with Gasteiger partial charge in [0.05, 0.1) is 23.1 Å². The van der Waals surface area contributed by atoms with Gasteiger partial charge in [-0.3, -0.25) is 23.9 Å². The number of aliphatic hydroxyl groups is 1. The van der Waals surface area contributed by atoms with Crippen LogP contribution in [-0.2, 0) is 18.4 Å². The minimum atomic E-state index is -1.12. The number of piperidine rings is 2. The lowest BCUT2D eigenvalue weighted by Crippen LogP contribution is -2.53.